The van der Waals surface area contributed by atoms with Crippen molar-refractivity contribution in [1.82, 2.24) is 5.32 Å². The molecule has 0 aliphatic rings. The molecule has 0 fully saturated rings. The lowest BCUT2D eigenvalue weighted by Gasteiger charge is -1.99. The number of carbonyl (C=O) groups is 1. The predicted octanol–water partition coefficient (Wildman–Crippen LogP) is 1.55. The fraction of sp³-hybridized carbons (Fsp3) is 0.600. The number of amides is 1. The number of hydrogen-bond donors (Lipinski definition) is 1. The highest BCUT2D eigenvalue weighted by atomic mass is 16.1. The average molecular weight is 182 g/mol. The van der Waals surface area contributed by atoms with E-state index in [4.69, 9.17) is 0 Å². The second-order valence-corrected chi connectivity index (χ2v) is 2.93. The lowest BCUT2D eigenvalue weighted by molar-refractivity contribution is -0.117. The van der Waals surface area contributed by atoms with Crippen LogP contribution in [0.3, 0.4) is 0 Å². The largest absolute Gasteiger partial charge is 0.347 e. The maximum absolute atomic E-state index is 11.0. The van der Waals surface area contributed by atoms with E-state index in [1.807, 2.05) is 0 Å². The standard InChI is InChI=1S/C10H18N2O/c1-4-5-6-11-7-8-12-10(13)9(2)3/h7H,2,4-6,8H2,1,3H3,(H,12,13). The van der Waals surface area contributed by atoms with Gasteiger partial charge in [0.05, 0.1) is 6.54 Å². The third-order valence-electron chi connectivity index (χ3n) is 1.51. The Morgan fingerprint density at radius 3 is 2.85 bits per heavy atom. The van der Waals surface area contributed by atoms with Crippen LogP contribution in [-0.4, -0.2) is 25.2 Å². The predicted molar refractivity (Wildman–Crippen MR) is 56.1 cm³/mol. The van der Waals surface area contributed by atoms with E-state index >= 15 is 0 Å². The topological polar surface area (TPSA) is 41.5 Å². The molecule has 0 aliphatic heterocycles. The molecule has 3 nitrogen and oxygen atoms in total. The number of aliphatic imine (C=N–C) groups is 1. The molecule has 0 aliphatic carbocycles. The van der Waals surface area contributed by atoms with Crippen LogP contribution in [-0.2, 0) is 4.79 Å². The maximum atomic E-state index is 11.0. The molecule has 0 spiro atoms. The van der Waals surface area contributed by atoms with E-state index in [1.165, 1.54) is 0 Å². The highest BCUT2D eigenvalue weighted by Gasteiger charge is 1.96. The van der Waals surface area contributed by atoms with Gasteiger partial charge in [0.15, 0.2) is 0 Å². The van der Waals surface area contributed by atoms with Crippen LogP contribution in [0.4, 0.5) is 0 Å². The average Bonchev–Trinajstić information content (AvgIpc) is 2.10. The van der Waals surface area contributed by atoms with Crippen LogP contribution in [0.25, 0.3) is 0 Å². The summed E-state index contributed by atoms with van der Waals surface area (Å²) in [6.45, 7) is 8.68. The summed E-state index contributed by atoms with van der Waals surface area (Å²) < 4.78 is 0. The van der Waals surface area contributed by atoms with Gasteiger partial charge in [-0.1, -0.05) is 19.9 Å². The zero-order chi connectivity index (χ0) is 10.1. The van der Waals surface area contributed by atoms with Crippen molar-refractivity contribution in [2.24, 2.45) is 4.99 Å². The van der Waals surface area contributed by atoms with Gasteiger partial charge in [-0.2, -0.15) is 0 Å². The van der Waals surface area contributed by atoms with Gasteiger partial charge in [-0.3, -0.25) is 9.79 Å². The number of rotatable bonds is 6. The summed E-state index contributed by atoms with van der Waals surface area (Å²) in [6.07, 6.45) is 3.98. The number of nitrogens with one attached hydrogen (secondary N) is 1. The van der Waals surface area contributed by atoms with Crippen molar-refractivity contribution in [2.75, 3.05) is 13.1 Å². The molecule has 3 heteroatoms. The second-order valence-electron chi connectivity index (χ2n) is 2.93. The van der Waals surface area contributed by atoms with Crippen molar-refractivity contribution < 1.29 is 4.79 Å². The van der Waals surface area contributed by atoms with Gasteiger partial charge in [-0.05, 0) is 13.3 Å². The third-order valence-corrected chi connectivity index (χ3v) is 1.51. The van der Waals surface area contributed by atoms with Crippen molar-refractivity contribution >= 4 is 12.1 Å². The van der Waals surface area contributed by atoms with Crippen molar-refractivity contribution in [3.8, 4) is 0 Å². The normalized spacial score (nSPS) is 10.3. The minimum atomic E-state index is -0.109. The monoisotopic (exact) mass is 182 g/mol. The van der Waals surface area contributed by atoms with Gasteiger partial charge in [0.1, 0.15) is 0 Å². The van der Waals surface area contributed by atoms with Gasteiger partial charge in [-0.15, -0.1) is 0 Å². The lowest BCUT2D eigenvalue weighted by Crippen LogP contribution is -2.25. The number of unbranched alkanes of at least 4 members (excludes halogenated alkanes) is 1. The molecule has 0 aromatic heterocycles. The number of hydrogen-bond acceptors (Lipinski definition) is 2. The van der Waals surface area contributed by atoms with E-state index in [2.05, 4.69) is 23.8 Å². The smallest absolute Gasteiger partial charge is 0.246 e. The van der Waals surface area contributed by atoms with Crippen LogP contribution in [0.2, 0.25) is 0 Å². The molecule has 1 N–H and O–H groups in total. The molecule has 0 heterocycles. The van der Waals surface area contributed by atoms with Gasteiger partial charge in [0, 0.05) is 18.3 Å². The molecule has 0 bridgehead atoms. The van der Waals surface area contributed by atoms with E-state index in [0.717, 1.165) is 19.4 Å². The quantitative estimate of drug-likeness (QED) is 0.378. The molecule has 0 aromatic rings. The van der Waals surface area contributed by atoms with E-state index < -0.39 is 0 Å². The highest BCUT2D eigenvalue weighted by Crippen LogP contribution is 1.86. The molecule has 0 saturated heterocycles. The third kappa shape index (κ3) is 7.25. The Morgan fingerprint density at radius 2 is 2.31 bits per heavy atom. The Labute approximate surface area is 79.9 Å². The SMILES string of the molecule is C=C(C)C(=O)NCC=NCCCC. The van der Waals surface area contributed by atoms with Crippen LogP contribution in [0, 0.1) is 0 Å². The minimum absolute atomic E-state index is 0.109. The molecular weight excluding hydrogens is 164 g/mol. The molecule has 0 unspecified atom stereocenters. The molecule has 0 atom stereocenters. The van der Waals surface area contributed by atoms with E-state index in [1.54, 1.807) is 13.1 Å². The summed E-state index contributed by atoms with van der Waals surface area (Å²) in [5, 5.41) is 2.67. The van der Waals surface area contributed by atoms with Crippen LogP contribution >= 0.6 is 0 Å². The zero-order valence-electron chi connectivity index (χ0n) is 8.47. The first-order chi connectivity index (χ1) is 6.18. The van der Waals surface area contributed by atoms with Crippen LogP contribution < -0.4 is 5.32 Å². The van der Waals surface area contributed by atoms with E-state index in [9.17, 15) is 4.79 Å². The summed E-state index contributed by atoms with van der Waals surface area (Å²) in [4.78, 5) is 15.1. The highest BCUT2D eigenvalue weighted by molar-refractivity contribution is 5.93. The summed E-state index contributed by atoms with van der Waals surface area (Å²) in [5.41, 5.74) is 0.530. The molecule has 1 amide bonds. The number of nitrogens with zero attached hydrogens (tertiary/aromatic N) is 1. The van der Waals surface area contributed by atoms with Crippen molar-refractivity contribution in [3.63, 3.8) is 0 Å². The summed E-state index contributed by atoms with van der Waals surface area (Å²) >= 11 is 0. The maximum Gasteiger partial charge on any atom is 0.246 e. The second kappa shape index (κ2) is 7.53. The van der Waals surface area contributed by atoms with E-state index in [0.29, 0.717) is 12.1 Å². The molecule has 0 rings (SSSR count). The van der Waals surface area contributed by atoms with Crippen LogP contribution in [0.15, 0.2) is 17.1 Å². The fourth-order valence-electron chi connectivity index (χ4n) is 0.694. The van der Waals surface area contributed by atoms with Gasteiger partial charge in [0.2, 0.25) is 5.91 Å². The number of carbonyl (C=O) groups excluding carboxylic acids is 1. The van der Waals surface area contributed by atoms with Gasteiger partial charge in [-0.25, -0.2) is 0 Å². The molecule has 0 aromatic carbocycles. The molecule has 74 valence electrons. The van der Waals surface area contributed by atoms with Gasteiger partial charge < -0.3 is 5.32 Å². The Bertz CT molecular complexity index is 197. The van der Waals surface area contributed by atoms with Gasteiger partial charge in [0.25, 0.3) is 0 Å². The van der Waals surface area contributed by atoms with Crippen LogP contribution in [0.1, 0.15) is 26.7 Å². The minimum Gasteiger partial charge on any atom is -0.347 e. The van der Waals surface area contributed by atoms with Crippen LogP contribution in [0.5, 0.6) is 0 Å². The van der Waals surface area contributed by atoms with Crippen molar-refractivity contribution in [3.05, 3.63) is 12.2 Å². The zero-order valence-corrected chi connectivity index (χ0v) is 8.47. The first-order valence-electron chi connectivity index (χ1n) is 4.60. The van der Waals surface area contributed by atoms with Crippen molar-refractivity contribution in [1.29, 1.82) is 0 Å². The summed E-state index contributed by atoms with van der Waals surface area (Å²) in [6, 6.07) is 0. The van der Waals surface area contributed by atoms with Gasteiger partial charge >= 0.3 is 0 Å². The molecule has 13 heavy (non-hydrogen) atoms. The first kappa shape index (κ1) is 11.9. The Balaban J connectivity index is 3.39. The summed E-state index contributed by atoms with van der Waals surface area (Å²) in [5.74, 6) is -0.109. The summed E-state index contributed by atoms with van der Waals surface area (Å²) in [7, 11) is 0. The molecule has 0 radical (unpaired) electrons. The first-order valence-corrected chi connectivity index (χ1v) is 4.60. The Kier molecular flexibility index (Phi) is 6.88. The molecule has 0 saturated carbocycles. The van der Waals surface area contributed by atoms with E-state index in [-0.39, 0.29) is 5.91 Å². The molecular formula is C10H18N2O. The lowest BCUT2D eigenvalue weighted by atomic mass is 10.3. The van der Waals surface area contributed by atoms with Crippen molar-refractivity contribution in [2.45, 2.75) is 26.7 Å². The Morgan fingerprint density at radius 1 is 1.62 bits per heavy atom. The fourth-order valence-corrected chi connectivity index (χ4v) is 0.694. The Hall–Kier alpha value is -1.12.